The van der Waals surface area contributed by atoms with Gasteiger partial charge in [0.15, 0.2) is 6.61 Å². The first-order valence-corrected chi connectivity index (χ1v) is 15.1. The van der Waals surface area contributed by atoms with Gasteiger partial charge in [0.2, 0.25) is 11.8 Å². The fourth-order valence-corrected chi connectivity index (χ4v) is 7.06. The summed E-state index contributed by atoms with van der Waals surface area (Å²) in [5.74, 6) is -2.30. The van der Waals surface area contributed by atoms with Crippen LogP contribution in [0.25, 0.3) is 0 Å². The number of esters is 2. The van der Waals surface area contributed by atoms with Crippen LogP contribution in [0.3, 0.4) is 0 Å². The van der Waals surface area contributed by atoms with Crippen molar-refractivity contribution in [1.82, 2.24) is 0 Å². The van der Waals surface area contributed by atoms with E-state index in [1.54, 1.807) is 36.4 Å². The first-order chi connectivity index (χ1) is 21.4. The van der Waals surface area contributed by atoms with Gasteiger partial charge in [-0.15, -0.1) is 0 Å². The van der Waals surface area contributed by atoms with E-state index in [0.29, 0.717) is 23.5 Å². The number of carbonyl (C=O) groups is 5. The van der Waals surface area contributed by atoms with Crippen molar-refractivity contribution in [3.05, 3.63) is 95.6 Å². The van der Waals surface area contributed by atoms with Crippen LogP contribution in [0.2, 0.25) is 0 Å². The molecular formula is C35H34N2O7. The summed E-state index contributed by atoms with van der Waals surface area (Å²) in [6, 6.07) is 22.6. The van der Waals surface area contributed by atoms with Crippen LogP contribution in [-0.4, -0.2) is 42.9 Å². The minimum Gasteiger partial charge on any atom is -0.462 e. The second-order valence-corrected chi connectivity index (χ2v) is 11.7. The van der Waals surface area contributed by atoms with Crippen LogP contribution >= 0.6 is 0 Å². The normalized spacial score (nSPS) is 23.4. The number of ether oxygens (including phenoxy) is 2. The number of fused-ring (bicyclic) bond motifs is 5. The molecule has 3 aliphatic rings. The number of anilines is 2. The van der Waals surface area contributed by atoms with Crippen molar-refractivity contribution in [2.75, 3.05) is 23.4 Å². The van der Waals surface area contributed by atoms with Gasteiger partial charge in [-0.05, 0) is 85.0 Å². The molecule has 9 heteroatoms. The number of nitrogens with zero attached hydrogens (tertiary/aromatic N) is 1. The van der Waals surface area contributed by atoms with E-state index < -0.39 is 24.5 Å². The lowest BCUT2D eigenvalue weighted by atomic mass is 9.73. The minimum absolute atomic E-state index is 0.122. The van der Waals surface area contributed by atoms with E-state index in [-0.39, 0.29) is 47.0 Å². The highest BCUT2D eigenvalue weighted by atomic mass is 16.5. The number of carbonyl (C=O) groups excluding carboxylic acids is 5. The van der Waals surface area contributed by atoms with Crippen LogP contribution < -0.4 is 10.2 Å². The maximum absolute atomic E-state index is 13.7. The molecule has 2 bridgehead atoms. The predicted octanol–water partition coefficient (Wildman–Crippen LogP) is 5.37. The summed E-state index contributed by atoms with van der Waals surface area (Å²) in [5, 5.41) is 2.62. The second kappa shape index (κ2) is 12.4. The Labute approximate surface area is 255 Å². The summed E-state index contributed by atoms with van der Waals surface area (Å²) in [7, 11) is 0. The minimum atomic E-state index is -0.754. The average molecular weight is 595 g/mol. The first-order valence-electron chi connectivity index (χ1n) is 15.1. The number of imide groups is 1. The van der Waals surface area contributed by atoms with Gasteiger partial charge < -0.3 is 14.8 Å². The Bertz CT molecular complexity index is 1590. The highest BCUT2D eigenvalue weighted by Gasteiger charge is 2.64. The van der Waals surface area contributed by atoms with Crippen LogP contribution in [0.5, 0.6) is 0 Å². The van der Waals surface area contributed by atoms with E-state index in [2.05, 4.69) is 17.4 Å². The monoisotopic (exact) mass is 594 g/mol. The second-order valence-electron chi connectivity index (χ2n) is 11.7. The zero-order valence-electron chi connectivity index (χ0n) is 24.4. The fraction of sp³-hybridized carbons (Fsp3) is 0.343. The van der Waals surface area contributed by atoms with Gasteiger partial charge >= 0.3 is 11.9 Å². The number of hydrogen-bond acceptors (Lipinski definition) is 7. The van der Waals surface area contributed by atoms with E-state index in [1.807, 2.05) is 25.1 Å². The molecule has 1 aliphatic heterocycles. The number of rotatable bonds is 10. The molecular weight excluding hydrogens is 560 g/mol. The van der Waals surface area contributed by atoms with Crippen LogP contribution in [0.4, 0.5) is 11.4 Å². The summed E-state index contributed by atoms with van der Waals surface area (Å²) in [6.07, 6.45) is 3.48. The summed E-state index contributed by atoms with van der Waals surface area (Å²) >= 11 is 0. The summed E-state index contributed by atoms with van der Waals surface area (Å²) in [6.45, 7) is 1.82. The lowest BCUT2D eigenvalue weighted by Crippen LogP contribution is -2.33. The Morgan fingerprint density at radius 3 is 2.30 bits per heavy atom. The molecule has 3 fully saturated rings. The molecule has 5 atom stereocenters. The largest absolute Gasteiger partial charge is 0.462 e. The van der Waals surface area contributed by atoms with E-state index >= 15 is 0 Å². The van der Waals surface area contributed by atoms with Crippen LogP contribution in [-0.2, 0) is 23.9 Å². The lowest BCUT2D eigenvalue weighted by Gasteiger charge is -2.28. The molecule has 44 heavy (non-hydrogen) atoms. The fourth-order valence-electron chi connectivity index (χ4n) is 7.06. The van der Waals surface area contributed by atoms with Crippen LogP contribution in [0, 0.1) is 23.7 Å². The zero-order chi connectivity index (χ0) is 30.8. The maximum atomic E-state index is 13.7. The lowest BCUT2D eigenvalue weighted by molar-refractivity contribution is -0.123. The number of benzene rings is 3. The molecule has 0 spiro atoms. The average Bonchev–Trinajstić information content (AvgIpc) is 3.71. The zero-order valence-corrected chi connectivity index (χ0v) is 24.4. The molecule has 1 saturated heterocycles. The van der Waals surface area contributed by atoms with Crippen molar-refractivity contribution >= 4 is 41.0 Å². The molecule has 6 rings (SSSR count). The number of unbranched alkanes of at least 4 members (excludes halogenated alkanes) is 1. The van der Waals surface area contributed by atoms with E-state index in [9.17, 15) is 24.0 Å². The number of nitrogens with one attached hydrogen (secondary N) is 1. The SMILES string of the molecule is CCCCOC(=O)c1ccc(NC(=O)COC(=O)c2cccc(N3C(=O)[C@@H]4[C@@H]5C[C@@H]([C@@H]4C3=O)[C@@H](c3ccccc3)C5)c2)cc1. The number of hydrogen-bond donors (Lipinski definition) is 1. The third kappa shape index (κ3) is 5.62. The number of amides is 3. The van der Waals surface area contributed by atoms with E-state index in [4.69, 9.17) is 9.47 Å². The van der Waals surface area contributed by atoms with Crippen molar-refractivity contribution in [3.8, 4) is 0 Å². The smallest absolute Gasteiger partial charge is 0.338 e. The predicted molar refractivity (Wildman–Crippen MR) is 162 cm³/mol. The summed E-state index contributed by atoms with van der Waals surface area (Å²) in [4.78, 5) is 65.7. The van der Waals surface area contributed by atoms with Crippen LogP contribution in [0.1, 0.15) is 64.8 Å². The Morgan fingerprint density at radius 2 is 1.55 bits per heavy atom. The van der Waals surface area contributed by atoms with Gasteiger partial charge in [-0.1, -0.05) is 49.7 Å². The first kappa shape index (κ1) is 29.3. The molecule has 2 aliphatic carbocycles. The van der Waals surface area contributed by atoms with Gasteiger partial charge in [0.1, 0.15) is 0 Å². The van der Waals surface area contributed by atoms with Crippen molar-refractivity contribution in [2.45, 2.75) is 38.5 Å². The van der Waals surface area contributed by atoms with E-state index in [1.165, 1.54) is 22.6 Å². The molecule has 3 aromatic carbocycles. The Kier molecular flexibility index (Phi) is 8.28. The third-order valence-electron chi connectivity index (χ3n) is 9.05. The van der Waals surface area contributed by atoms with Gasteiger partial charge in [-0.25, -0.2) is 9.59 Å². The van der Waals surface area contributed by atoms with Gasteiger partial charge in [0, 0.05) is 5.69 Å². The van der Waals surface area contributed by atoms with Crippen molar-refractivity contribution in [1.29, 1.82) is 0 Å². The standard InChI is InChI=1S/C35H34N2O7/c1-2-3-16-43-34(41)22-12-14-25(15-13-22)36-29(38)20-44-35(42)23-10-7-11-26(17-23)37-32(39)30-24-18-27(21-8-5-4-6-9-21)28(19-24)31(30)33(37)40/h4-15,17,24,27-28,30-31H,2-3,16,18-20H2,1H3,(H,36,38)/t24-,27+,28+,30+,31-/m0/s1. The molecule has 1 N–H and O–H groups in total. The van der Waals surface area contributed by atoms with Gasteiger partial charge in [-0.2, -0.15) is 0 Å². The van der Waals surface area contributed by atoms with Crippen molar-refractivity contribution in [2.24, 2.45) is 23.7 Å². The van der Waals surface area contributed by atoms with Crippen molar-refractivity contribution < 1.29 is 33.4 Å². The molecule has 0 unspecified atom stereocenters. The molecule has 1 heterocycles. The topological polar surface area (TPSA) is 119 Å². The quantitative estimate of drug-likeness (QED) is 0.190. The van der Waals surface area contributed by atoms with E-state index in [0.717, 1.165) is 25.7 Å². The molecule has 3 aromatic rings. The van der Waals surface area contributed by atoms with Gasteiger partial charge in [-0.3, -0.25) is 19.3 Å². The molecule has 2 saturated carbocycles. The highest BCUT2D eigenvalue weighted by Crippen LogP contribution is 2.61. The Hall–Kier alpha value is -4.79. The van der Waals surface area contributed by atoms with Gasteiger partial charge in [0.05, 0.1) is 35.3 Å². The third-order valence-corrected chi connectivity index (χ3v) is 9.05. The van der Waals surface area contributed by atoms with Gasteiger partial charge in [0.25, 0.3) is 5.91 Å². The molecule has 226 valence electrons. The van der Waals surface area contributed by atoms with Crippen molar-refractivity contribution in [3.63, 3.8) is 0 Å². The molecule has 9 nitrogen and oxygen atoms in total. The molecule has 0 aromatic heterocycles. The summed E-state index contributed by atoms with van der Waals surface area (Å²) in [5.41, 5.74) is 2.47. The van der Waals surface area contributed by atoms with Crippen LogP contribution in [0.15, 0.2) is 78.9 Å². The highest BCUT2D eigenvalue weighted by molar-refractivity contribution is 6.23. The maximum Gasteiger partial charge on any atom is 0.338 e. The Balaban J connectivity index is 1.06. The Morgan fingerprint density at radius 1 is 0.818 bits per heavy atom. The summed E-state index contributed by atoms with van der Waals surface area (Å²) < 4.78 is 10.4. The molecule has 0 radical (unpaired) electrons. The molecule has 3 amide bonds.